The van der Waals surface area contributed by atoms with Crippen LogP contribution in [0.4, 0.5) is 5.69 Å². The number of allylic oxidation sites excluding steroid dienone is 2. The number of hydrogen-bond acceptors (Lipinski definition) is 3. The Morgan fingerprint density at radius 2 is 1.78 bits per heavy atom. The minimum atomic E-state index is -3.11. The van der Waals surface area contributed by atoms with Crippen molar-refractivity contribution in [2.45, 2.75) is 27.7 Å². The summed E-state index contributed by atoms with van der Waals surface area (Å²) in [5, 5.41) is 2.79. The van der Waals surface area contributed by atoms with E-state index in [-0.39, 0.29) is 0 Å². The zero-order chi connectivity index (χ0) is 17.1. The van der Waals surface area contributed by atoms with Gasteiger partial charge in [0.15, 0.2) is 0 Å². The van der Waals surface area contributed by atoms with Crippen molar-refractivity contribution >= 4 is 32.8 Å². The van der Waals surface area contributed by atoms with Crippen molar-refractivity contribution < 1.29 is 17.2 Å². The lowest BCUT2D eigenvalue weighted by atomic mass is 9.98. The first-order chi connectivity index (χ1) is 10.9. The molecule has 5 heteroatoms. The van der Waals surface area contributed by atoms with Crippen LogP contribution in [0.25, 0.3) is 10.8 Å². The maximum atomic E-state index is 8.44. The van der Waals surface area contributed by atoms with E-state index in [1.807, 2.05) is 0 Å². The lowest BCUT2D eigenvalue weighted by Gasteiger charge is -2.01. The predicted octanol–water partition coefficient (Wildman–Crippen LogP) is 3.58. The molecule has 0 fully saturated rings. The van der Waals surface area contributed by atoms with E-state index in [2.05, 4.69) is 68.7 Å². The Morgan fingerprint density at radius 3 is 2.35 bits per heavy atom. The summed E-state index contributed by atoms with van der Waals surface area (Å²) in [5.74, 6) is 0. The van der Waals surface area contributed by atoms with Crippen LogP contribution in [0.5, 0.6) is 0 Å². The third-order valence-corrected chi connectivity index (χ3v) is 3.84. The molecule has 0 bridgehead atoms. The summed E-state index contributed by atoms with van der Waals surface area (Å²) in [4.78, 5) is 0. The monoisotopic (exact) mass is 330 g/mol. The van der Waals surface area contributed by atoms with Crippen LogP contribution in [-0.2, 0) is 10.6 Å². The Morgan fingerprint density at radius 1 is 1.13 bits per heavy atom. The van der Waals surface area contributed by atoms with Crippen molar-refractivity contribution in [1.82, 2.24) is 0 Å². The third kappa shape index (κ3) is 3.40. The minimum absolute atomic E-state index is 1.01. The van der Waals surface area contributed by atoms with Crippen LogP contribution in [0.1, 0.15) is 31.9 Å². The zero-order valence-electron chi connectivity index (χ0n) is 13.8. The molecule has 3 rings (SSSR count). The average molecular weight is 330 g/mol. The van der Waals surface area contributed by atoms with Gasteiger partial charge in [-0.15, -0.1) is 12.6 Å². The highest BCUT2D eigenvalue weighted by Gasteiger charge is 2.29. The normalized spacial score (nSPS) is 12.0. The second kappa shape index (κ2) is 6.87. The molecule has 1 aliphatic rings. The summed E-state index contributed by atoms with van der Waals surface area (Å²) in [6.45, 7) is 9.74. The Kier molecular flexibility index (Phi) is 5.11. The van der Waals surface area contributed by atoms with Crippen LogP contribution < -0.4 is 0 Å². The number of rotatable bonds is 2. The summed E-state index contributed by atoms with van der Waals surface area (Å²) in [5.41, 5.74) is 6.77. The van der Waals surface area contributed by atoms with E-state index in [4.69, 9.17) is 12.6 Å². The zero-order valence-corrected chi connectivity index (χ0v) is 14.6. The van der Waals surface area contributed by atoms with E-state index in [0.717, 1.165) is 6.54 Å². The molecule has 0 N–H and O–H groups in total. The first-order valence-corrected chi connectivity index (χ1v) is 8.45. The van der Waals surface area contributed by atoms with E-state index < -0.39 is 10.6 Å². The quantitative estimate of drug-likeness (QED) is 0.791. The van der Waals surface area contributed by atoms with Gasteiger partial charge in [-0.1, -0.05) is 23.8 Å². The lowest BCUT2D eigenvalue weighted by molar-refractivity contribution is -0.430. The van der Waals surface area contributed by atoms with Gasteiger partial charge in [0.2, 0.25) is 11.4 Å². The van der Waals surface area contributed by atoms with Gasteiger partial charge in [0.1, 0.15) is 6.54 Å². The first-order valence-electron chi connectivity index (χ1n) is 7.45. The topological polar surface area (TPSA) is 54.2 Å². The molecule has 0 aliphatic carbocycles. The Hall–Kier alpha value is -2.27. The maximum absolute atomic E-state index is 8.44. The molecule has 0 spiro atoms. The highest BCUT2D eigenvalue weighted by Crippen LogP contribution is 2.37. The van der Waals surface area contributed by atoms with E-state index in [1.54, 1.807) is 0 Å². The highest BCUT2D eigenvalue weighted by molar-refractivity contribution is 7.59. The second-order valence-electron chi connectivity index (χ2n) is 5.69. The van der Waals surface area contributed by atoms with Crippen molar-refractivity contribution in [1.29, 1.82) is 0 Å². The molecule has 23 heavy (non-hydrogen) atoms. The molecule has 0 atom stereocenters. The molecular weight excluding hydrogens is 310 g/mol. The number of benzene rings is 2. The van der Waals surface area contributed by atoms with Gasteiger partial charge >= 0.3 is 10.6 Å². The fraction of sp³-hybridized carbons (Fsp3) is 0.278. The van der Waals surface area contributed by atoms with E-state index in [9.17, 15) is 0 Å². The van der Waals surface area contributed by atoms with Crippen LogP contribution in [0.15, 0.2) is 42.0 Å². The molecule has 0 saturated carbocycles. The summed E-state index contributed by atoms with van der Waals surface area (Å²) >= 11 is 0. The third-order valence-electron chi connectivity index (χ3n) is 3.84. The number of hydrogen-bond donors (Lipinski definition) is 0. The van der Waals surface area contributed by atoms with Crippen molar-refractivity contribution in [2.75, 3.05) is 6.54 Å². The van der Waals surface area contributed by atoms with Gasteiger partial charge in [-0.05, 0) is 44.7 Å². The molecule has 0 saturated heterocycles. The smallest absolute Gasteiger partial charge is 0.192 e. The van der Waals surface area contributed by atoms with Gasteiger partial charge in [-0.2, -0.15) is 4.58 Å². The van der Waals surface area contributed by atoms with Gasteiger partial charge in [0.25, 0.3) is 0 Å². The molecule has 2 aromatic carbocycles. The fourth-order valence-corrected chi connectivity index (χ4v) is 3.02. The van der Waals surface area contributed by atoms with Gasteiger partial charge in [-0.25, -0.2) is 0 Å². The van der Waals surface area contributed by atoms with Crippen LogP contribution in [0.2, 0.25) is 0 Å². The van der Waals surface area contributed by atoms with Crippen molar-refractivity contribution in [3.63, 3.8) is 0 Å². The molecule has 0 radical (unpaired) electrons. The molecule has 1 heterocycles. The number of nitrogens with zero attached hydrogens (tertiary/aromatic N) is 1. The highest BCUT2D eigenvalue weighted by atomic mass is 32.2. The summed E-state index contributed by atoms with van der Waals surface area (Å²) in [6.07, 6.45) is 2.30. The van der Waals surface area contributed by atoms with E-state index >= 15 is 0 Å². The van der Waals surface area contributed by atoms with E-state index in [1.165, 1.54) is 38.9 Å². The Balaban J connectivity index is 0.000000433. The van der Waals surface area contributed by atoms with Gasteiger partial charge in [0.05, 0.1) is 10.9 Å². The Labute approximate surface area is 137 Å². The molecule has 0 aromatic heterocycles. The molecular formula is C18H20NO3S+. The molecule has 1 aliphatic heterocycles. The van der Waals surface area contributed by atoms with Gasteiger partial charge in [-0.3, -0.25) is 0 Å². The summed E-state index contributed by atoms with van der Waals surface area (Å²) in [6, 6.07) is 11.1. The van der Waals surface area contributed by atoms with Crippen molar-refractivity contribution in [2.24, 2.45) is 0 Å². The number of aryl methyl sites for hydroxylation is 1. The van der Waals surface area contributed by atoms with Crippen molar-refractivity contribution in [3.8, 4) is 0 Å². The molecule has 0 unspecified atom stereocenters. The van der Waals surface area contributed by atoms with Crippen LogP contribution in [0, 0.1) is 6.92 Å². The fourth-order valence-electron chi connectivity index (χ4n) is 3.02. The Bertz CT molecular complexity index is 928. The van der Waals surface area contributed by atoms with Gasteiger partial charge < -0.3 is 0 Å². The van der Waals surface area contributed by atoms with Gasteiger partial charge in [0, 0.05) is 12.1 Å². The minimum Gasteiger partial charge on any atom is -0.192 e. The summed E-state index contributed by atoms with van der Waals surface area (Å²) < 4.78 is 27.8. The van der Waals surface area contributed by atoms with E-state index in [0.29, 0.717) is 0 Å². The molecule has 120 valence electrons. The average Bonchev–Trinajstić information content (AvgIpc) is 2.76. The standard InChI is InChI=1S/C18H20N.O3S/c1-5-19-16-10-9-13(4)14-7-6-8-15(18(14)16)17(19)11-12(2)3;1-4(2)3/h6-11H,5H2,1-4H3;/q+1;. The summed E-state index contributed by atoms with van der Waals surface area (Å²) in [7, 11) is -3.11. The van der Waals surface area contributed by atoms with Crippen molar-refractivity contribution in [3.05, 3.63) is 53.1 Å². The molecule has 4 nitrogen and oxygen atoms in total. The van der Waals surface area contributed by atoms with Crippen LogP contribution >= 0.6 is 0 Å². The van der Waals surface area contributed by atoms with Crippen LogP contribution in [0.3, 0.4) is 0 Å². The second-order valence-corrected chi connectivity index (χ2v) is 6.09. The first kappa shape index (κ1) is 17.1. The SMILES string of the molecule is CC[N+]1=C(C=C(C)C)c2cccc3c(C)ccc1c23.O=S(=O)=O. The molecule has 2 aromatic rings. The van der Waals surface area contributed by atoms with Crippen LogP contribution in [-0.4, -0.2) is 29.5 Å². The predicted molar refractivity (Wildman–Crippen MR) is 92.4 cm³/mol. The molecule has 0 amide bonds. The lowest BCUT2D eigenvalue weighted by Crippen LogP contribution is -2.11. The largest absolute Gasteiger partial charge is 0.425 e. The maximum Gasteiger partial charge on any atom is 0.425 e.